The minimum atomic E-state index is 0. The molecule has 0 amide bonds. The summed E-state index contributed by atoms with van der Waals surface area (Å²) in [4.78, 5) is 0. The molecule has 0 spiro atoms. The maximum absolute atomic E-state index is 9.35. The minimum Gasteiger partial charge on any atom is -0.508 e. The molecule has 0 aliphatic heterocycles. The van der Waals surface area contributed by atoms with E-state index in [2.05, 4.69) is 19.9 Å². The van der Waals surface area contributed by atoms with Gasteiger partial charge in [0.05, 0.1) is 0 Å². The second-order valence-corrected chi connectivity index (χ2v) is 3.20. The van der Waals surface area contributed by atoms with Crippen LogP contribution in [0.15, 0.2) is 18.2 Å². The van der Waals surface area contributed by atoms with Crippen molar-refractivity contribution in [3.8, 4) is 5.75 Å². The number of phenolic OH excluding ortho intramolecular Hbond substituents is 1. The molecule has 0 saturated carbocycles. The number of aromatic hydroxyl groups is 1. The zero-order valence-corrected chi connectivity index (χ0v) is 11.4. The van der Waals surface area contributed by atoms with Gasteiger partial charge in [0.2, 0.25) is 0 Å². The predicted octanol–water partition coefficient (Wildman–Crippen LogP) is 2.44. The van der Waals surface area contributed by atoms with Crippen LogP contribution in [0.2, 0.25) is 0 Å². The molecule has 0 unspecified atom stereocenters. The Morgan fingerprint density at radius 2 is 1.83 bits per heavy atom. The molecule has 1 radical (unpaired) electrons. The third-order valence-electron chi connectivity index (χ3n) is 1.90. The molecule has 0 fully saturated rings. The fourth-order valence-corrected chi connectivity index (χ4v) is 0.986. The maximum atomic E-state index is 9.35. The van der Waals surface area contributed by atoms with Crippen LogP contribution in [0.5, 0.6) is 5.75 Å². The van der Waals surface area contributed by atoms with Gasteiger partial charge in [-0.25, -0.2) is 0 Å². The predicted molar refractivity (Wildman–Crippen MR) is 52.7 cm³/mol. The molecule has 2 heteroatoms. The van der Waals surface area contributed by atoms with Gasteiger partial charge in [-0.15, -0.1) is 0 Å². The van der Waals surface area contributed by atoms with E-state index in [-0.39, 0.29) is 51.4 Å². The number of phenols is 1. The van der Waals surface area contributed by atoms with Gasteiger partial charge in [-0.05, 0) is 30.0 Å². The molecule has 0 bridgehead atoms. The van der Waals surface area contributed by atoms with Crippen LogP contribution in [0.1, 0.15) is 30.9 Å². The molecule has 1 N–H and O–H groups in total. The summed E-state index contributed by atoms with van der Waals surface area (Å²) in [5.74, 6) is 0.887. The largest absolute Gasteiger partial charge is 0.508 e. The molecule has 61 valence electrons. The summed E-state index contributed by atoms with van der Waals surface area (Å²) in [5.41, 5.74) is 2.13. The quantitative estimate of drug-likeness (QED) is 0.673. The summed E-state index contributed by atoms with van der Waals surface area (Å²) in [6, 6.07) is 5.84. The Hall–Kier alpha value is 0.656. The van der Waals surface area contributed by atoms with E-state index in [9.17, 15) is 5.11 Å². The molecule has 0 saturated heterocycles. The third-order valence-corrected chi connectivity index (χ3v) is 1.90. The van der Waals surface area contributed by atoms with Crippen LogP contribution in [0.4, 0.5) is 0 Å². The first-order chi connectivity index (χ1) is 5.11. The van der Waals surface area contributed by atoms with Crippen molar-refractivity contribution in [3.63, 3.8) is 0 Å². The summed E-state index contributed by atoms with van der Waals surface area (Å²) in [6.07, 6.45) is 0. The molecule has 0 atom stereocenters. The summed E-state index contributed by atoms with van der Waals surface area (Å²) < 4.78 is 0. The Morgan fingerprint density at radius 1 is 1.25 bits per heavy atom. The first-order valence-electron chi connectivity index (χ1n) is 3.91. The van der Waals surface area contributed by atoms with Gasteiger partial charge in [-0.3, -0.25) is 0 Å². The van der Waals surface area contributed by atoms with Crippen molar-refractivity contribution >= 4 is 51.4 Å². The summed E-state index contributed by atoms with van der Waals surface area (Å²) in [5, 5.41) is 9.35. The molecule has 1 aromatic carbocycles. The van der Waals surface area contributed by atoms with Crippen molar-refractivity contribution in [2.75, 3.05) is 0 Å². The van der Waals surface area contributed by atoms with E-state index < -0.39 is 0 Å². The number of rotatable bonds is 1. The van der Waals surface area contributed by atoms with Gasteiger partial charge in [-0.2, -0.15) is 0 Å². The Labute approximate surface area is 117 Å². The molecule has 0 heterocycles. The summed E-state index contributed by atoms with van der Waals surface area (Å²) in [6.45, 7) is 6.13. The van der Waals surface area contributed by atoms with Gasteiger partial charge in [0, 0.05) is 51.4 Å². The standard InChI is InChI=1S/C10H14O.K/c1-7(2)9-5-4-8(3)10(11)6-9;/h4-7,11H,1-3H3;. The second kappa shape index (κ2) is 5.40. The number of hydrogen-bond donors (Lipinski definition) is 1. The smallest absolute Gasteiger partial charge is 0.118 e. The Balaban J connectivity index is 0.00000121. The maximum Gasteiger partial charge on any atom is 0.118 e. The first-order valence-corrected chi connectivity index (χ1v) is 3.91. The van der Waals surface area contributed by atoms with Crippen molar-refractivity contribution in [1.82, 2.24) is 0 Å². The third kappa shape index (κ3) is 3.19. The second-order valence-electron chi connectivity index (χ2n) is 3.20. The van der Waals surface area contributed by atoms with E-state index in [1.165, 1.54) is 5.56 Å². The number of hydrogen-bond acceptors (Lipinski definition) is 1. The SMILES string of the molecule is Cc1ccc(C(C)C)cc1O.[K]. The van der Waals surface area contributed by atoms with Gasteiger partial charge >= 0.3 is 0 Å². The van der Waals surface area contributed by atoms with Gasteiger partial charge < -0.3 is 5.11 Å². The zero-order valence-electron chi connectivity index (χ0n) is 8.26. The van der Waals surface area contributed by atoms with Gasteiger partial charge in [0.15, 0.2) is 0 Å². The fourth-order valence-electron chi connectivity index (χ4n) is 0.986. The molecule has 0 aliphatic carbocycles. The molecule has 0 aliphatic rings. The van der Waals surface area contributed by atoms with E-state index >= 15 is 0 Å². The van der Waals surface area contributed by atoms with E-state index in [0.29, 0.717) is 11.7 Å². The van der Waals surface area contributed by atoms with E-state index in [4.69, 9.17) is 0 Å². The molecule has 1 nitrogen and oxygen atoms in total. The van der Waals surface area contributed by atoms with Crippen molar-refractivity contribution in [1.29, 1.82) is 0 Å². The Morgan fingerprint density at radius 3 is 2.25 bits per heavy atom. The molecule has 1 aromatic rings. The van der Waals surface area contributed by atoms with Crippen molar-refractivity contribution < 1.29 is 5.11 Å². The summed E-state index contributed by atoms with van der Waals surface area (Å²) >= 11 is 0. The molecule has 0 aromatic heterocycles. The molecule has 12 heavy (non-hydrogen) atoms. The van der Waals surface area contributed by atoms with E-state index in [0.717, 1.165) is 5.56 Å². The van der Waals surface area contributed by atoms with E-state index in [1.54, 1.807) is 0 Å². The van der Waals surface area contributed by atoms with Crippen LogP contribution in [0.25, 0.3) is 0 Å². The van der Waals surface area contributed by atoms with Gasteiger partial charge in [0.25, 0.3) is 0 Å². The minimum absolute atomic E-state index is 0. The average molecular weight is 189 g/mol. The topological polar surface area (TPSA) is 20.2 Å². The Kier molecular flexibility index (Phi) is 5.70. The normalized spacial score (nSPS) is 9.67. The van der Waals surface area contributed by atoms with Crippen LogP contribution in [0.3, 0.4) is 0 Å². The first kappa shape index (κ1) is 12.7. The van der Waals surface area contributed by atoms with Crippen LogP contribution in [-0.2, 0) is 0 Å². The zero-order chi connectivity index (χ0) is 8.43. The average Bonchev–Trinajstić information content (AvgIpc) is 1.94. The Bertz CT molecular complexity index is 256. The summed E-state index contributed by atoms with van der Waals surface area (Å²) in [7, 11) is 0. The van der Waals surface area contributed by atoms with Crippen molar-refractivity contribution in [2.45, 2.75) is 26.7 Å². The molecule has 1 rings (SSSR count). The van der Waals surface area contributed by atoms with Crippen molar-refractivity contribution in [2.24, 2.45) is 0 Å². The number of aryl methyl sites for hydroxylation is 1. The van der Waals surface area contributed by atoms with Crippen LogP contribution in [-0.4, -0.2) is 56.5 Å². The monoisotopic (exact) mass is 189 g/mol. The van der Waals surface area contributed by atoms with Crippen LogP contribution < -0.4 is 0 Å². The van der Waals surface area contributed by atoms with E-state index in [1.807, 2.05) is 19.1 Å². The molecular weight excluding hydrogens is 175 g/mol. The van der Waals surface area contributed by atoms with Gasteiger partial charge in [-0.1, -0.05) is 26.0 Å². The van der Waals surface area contributed by atoms with Gasteiger partial charge in [0.1, 0.15) is 5.75 Å². The fraction of sp³-hybridized carbons (Fsp3) is 0.400. The van der Waals surface area contributed by atoms with Crippen molar-refractivity contribution in [3.05, 3.63) is 29.3 Å². The van der Waals surface area contributed by atoms with Crippen LogP contribution >= 0.6 is 0 Å². The molecular formula is C10H14KO. The number of benzene rings is 1. The van der Waals surface area contributed by atoms with Crippen LogP contribution in [0, 0.1) is 6.92 Å².